The molecule has 0 bridgehead atoms. The summed E-state index contributed by atoms with van der Waals surface area (Å²) in [5.74, 6) is -3.18. The van der Waals surface area contributed by atoms with Gasteiger partial charge in [-0.05, 0) is 83.5 Å². The Balaban J connectivity index is 2.70. The number of carbonyl (C=O) groups is 4. The summed E-state index contributed by atoms with van der Waals surface area (Å²) in [6.45, 7) is 5.77. The molecule has 394 valence electrons. The number of allylic oxidation sites excluding steroid dienone is 12. The first-order valence-corrected chi connectivity index (χ1v) is 26.9. The second-order valence-electron chi connectivity index (χ2n) is 18.1. The van der Waals surface area contributed by atoms with Crippen LogP contribution in [0.15, 0.2) is 72.9 Å². The van der Waals surface area contributed by atoms with Gasteiger partial charge in [-0.2, -0.15) is 0 Å². The minimum absolute atomic E-state index is 0.0194. The Morgan fingerprint density at radius 1 is 0.493 bits per heavy atom. The Morgan fingerprint density at radius 2 is 0.928 bits per heavy atom. The molecule has 0 aromatic rings. The van der Waals surface area contributed by atoms with Gasteiger partial charge in [-0.1, -0.05) is 184 Å². The zero-order valence-electron chi connectivity index (χ0n) is 43.0. The number of hydrogen-bond donors (Lipinski definition) is 3. The highest BCUT2D eigenvalue weighted by Gasteiger charge is 2.50. The molecule has 6 atom stereocenters. The number of aliphatic hydroxyl groups is 2. The Kier molecular flexibility index (Phi) is 41.5. The van der Waals surface area contributed by atoms with E-state index in [1.54, 1.807) is 0 Å². The summed E-state index contributed by atoms with van der Waals surface area (Å²) in [7, 11) is 0. The number of aliphatic carboxylic acids is 1. The largest absolute Gasteiger partial charge is 0.479 e. The van der Waals surface area contributed by atoms with E-state index in [0.29, 0.717) is 19.3 Å². The quantitative estimate of drug-likeness (QED) is 0.0228. The summed E-state index contributed by atoms with van der Waals surface area (Å²) in [4.78, 5) is 50.8. The van der Waals surface area contributed by atoms with Gasteiger partial charge < -0.3 is 39.0 Å². The standard InChI is InChI=1S/C57H94O12/c1-4-7-10-13-16-19-21-22-23-24-25-26-27-28-30-33-36-39-42-45-51(60)68-55-53(62)52(61)54(56(63)64)69-57(55)66-47-48(67-50(59)44-41-38-35-31-18-15-12-9-6-3)46-65-49(58)43-40-37-34-32-29-20-17-14-11-8-5-2/h7,10,14,16-17,19,22-23,25-26,28,30,48,52-55,57,61-62H,4-6,8-9,11-13,15,18,20-21,24,27,29,31-47H2,1-3H3,(H,63,64)/b10-7-,17-14-,19-16-,23-22-,26-25-,30-28-. The highest BCUT2D eigenvalue weighted by Crippen LogP contribution is 2.26. The van der Waals surface area contributed by atoms with Crippen molar-refractivity contribution in [3.8, 4) is 0 Å². The highest BCUT2D eigenvalue weighted by atomic mass is 16.7. The van der Waals surface area contributed by atoms with E-state index in [-0.39, 0.29) is 25.9 Å². The molecule has 0 aromatic heterocycles. The Hall–Kier alpha value is -3.84. The summed E-state index contributed by atoms with van der Waals surface area (Å²) in [5, 5.41) is 31.3. The topological polar surface area (TPSA) is 175 Å². The molecule has 12 nitrogen and oxygen atoms in total. The average molecular weight is 971 g/mol. The summed E-state index contributed by atoms with van der Waals surface area (Å²) in [6.07, 6.45) is 43.3. The molecule has 1 aliphatic rings. The first-order valence-electron chi connectivity index (χ1n) is 26.9. The fourth-order valence-electron chi connectivity index (χ4n) is 7.61. The number of unbranched alkanes of at least 4 members (excludes halogenated alkanes) is 18. The van der Waals surface area contributed by atoms with Crippen LogP contribution in [0, 0.1) is 0 Å². The number of esters is 3. The van der Waals surface area contributed by atoms with E-state index in [1.165, 1.54) is 44.9 Å². The molecule has 0 amide bonds. The lowest BCUT2D eigenvalue weighted by atomic mass is 9.98. The van der Waals surface area contributed by atoms with Crippen molar-refractivity contribution >= 4 is 23.9 Å². The Bertz CT molecular complexity index is 1480. The SMILES string of the molecule is CC/C=C\C/C=C\C/C=C\C/C=C\C/C=C\CCCCCC(=O)OC1C(OCC(COC(=O)CCCCCCC/C=C\CCCC)OC(=O)CCCCCCCCCCC)OC(C(=O)O)C(O)C1O. The van der Waals surface area contributed by atoms with Gasteiger partial charge in [-0.3, -0.25) is 14.4 Å². The summed E-state index contributed by atoms with van der Waals surface area (Å²) < 4.78 is 28.2. The van der Waals surface area contributed by atoms with Crippen LogP contribution in [0.3, 0.4) is 0 Å². The van der Waals surface area contributed by atoms with E-state index >= 15 is 0 Å². The molecule has 0 radical (unpaired) electrons. The van der Waals surface area contributed by atoms with Gasteiger partial charge in [0.05, 0.1) is 6.61 Å². The second-order valence-corrected chi connectivity index (χ2v) is 18.1. The van der Waals surface area contributed by atoms with Gasteiger partial charge in [0, 0.05) is 19.3 Å². The number of hydrogen-bond acceptors (Lipinski definition) is 11. The first kappa shape index (κ1) is 63.2. The zero-order chi connectivity index (χ0) is 50.4. The fraction of sp³-hybridized carbons (Fsp3) is 0.719. The number of rotatable bonds is 44. The molecule has 6 unspecified atom stereocenters. The van der Waals surface area contributed by atoms with Crippen LogP contribution in [0.4, 0.5) is 0 Å². The van der Waals surface area contributed by atoms with Crippen molar-refractivity contribution in [2.24, 2.45) is 0 Å². The lowest BCUT2D eigenvalue weighted by molar-refractivity contribution is -0.301. The number of carboxylic acid groups (broad SMARTS) is 1. The summed E-state index contributed by atoms with van der Waals surface area (Å²) in [5.41, 5.74) is 0. The van der Waals surface area contributed by atoms with Gasteiger partial charge in [-0.15, -0.1) is 0 Å². The molecule has 1 rings (SSSR count). The zero-order valence-corrected chi connectivity index (χ0v) is 43.0. The van der Waals surface area contributed by atoms with E-state index in [4.69, 9.17) is 23.7 Å². The maximum absolute atomic E-state index is 13.0. The van der Waals surface area contributed by atoms with E-state index in [1.807, 2.05) is 0 Å². The van der Waals surface area contributed by atoms with E-state index < -0.39 is 67.3 Å². The van der Waals surface area contributed by atoms with E-state index in [9.17, 15) is 34.5 Å². The number of carboxylic acids is 1. The number of aliphatic hydroxyl groups excluding tert-OH is 2. The van der Waals surface area contributed by atoms with Gasteiger partial charge in [0.15, 0.2) is 24.6 Å². The second kappa shape index (κ2) is 45.3. The Morgan fingerprint density at radius 3 is 1.46 bits per heavy atom. The van der Waals surface area contributed by atoms with E-state index in [0.717, 1.165) is 109 Å². The smallest absolute Gasteiger partial charge is 0.335 e. The average Bonchev–Trinajstić information content (AvgIpc) is 3.33. The van der Waals surface area contributed by atoms with Crippen LogP contribution in [-0.4, -0.2) is 89.2 Å². The predicted molar refractivity (Wildman–Crippen MR) is 275 cm³/mol. The Labute approximate surface area is 417 Å². The molecule has 1 fully saturated rings. The molecule has 69 heavy (non-hydrogen) atoms. The van der Waals surface area contributed by atoms with Crippen LogP contribution in [0.5, 0.6) is 0 Å². The van der Waals surface area contributed by atoms with Gasteiger partial charge in [0.1, 0.15) is 18.8 Å². The van der Waals surface area contributed by atoms with Crippen LogP contribution in [0.25, 0.3) is 0 Å². The van der Waals surface area contributed by atoms with Crippen molar-refractivity contribution in [3.05, 3.63) is 72.9 Å². The highest BCUT2D eigenvalue weighted by molar-refractivity contribution is 5.74. The van der Waals surface area contributed by atoms with Crippen LogP contribution >= 0.6 is 0 Å². The maximum atomic E-state index is 13.0. The third-order valence-corrected chi connectivity index (χ3v) is 11.8. The van der Waals surface area contributed by atoms with Crippen LogP contribution in [0.2, 0.25) is 0 Å². The van der Waals surface area contributed by atoms with Crippen molar-refractivity contribution < 1.29 is 58.2 Å². The van der Waals surface area contributed by atoms with Crippen molar-refractivity contribution in [2.45, 2.75) is 250 Å². The van der Waals surface area contributed by atoms with Crippen molar-refractivity contribution in [1.82, 2.24) is 0 Å². The molecular formula is C57H94O12. The molecule has 1 saturated heterocycles. The minimum Gasteiger partial charge on any atom is -0.479 e. The third kappa shape index (κ3) is 35.8. The van der Waals surface area contributed by atoms with Crippen LogP contribution < -0.4 is 0 Å². The molecule has 0 aromatic carbocycles. The van der Waals surface area contributed by atoms with E-state index in [2.05, 4.69) is 93.7 Å². The maximum Gasteiger partial charge on any atom is 0.335 e. The molecule has 0 aliphatic carbocycles. The van der Waals surface area contributed by atoms with Gasteiger partial charge in [-0.25, -0.2) is 4.79 Å². The number of carbonyl (C=O) groups excluding carboxylic acids is 3. The van der Waals surface area contributed by atoms with Crippen LogP contribution in [0.1, 0.15) is 213 Å². The monoisotopic (exact) mass is 971 g/mol. The predicted octanol–water partition coefficient (Wildman–Crippen LogP) is 13.0. The first-order chi connectivity index (χ1) is 33.6. The van der Waals surface area contributed by atoms with Gasteiger partial charge in [0.2, 0.25) is 0 Å². The molecule has 0 spiro atoms. The lowest BCUT2D eigenvalue weighted by Crippen LogP contribution is -2.61. The normalized spacial score (nSPS) is 19.2. The van der Waals surface area contributed by atoms with Gasteiger partial charge >= 0.3 is 23.9 Å². The molecule has 1 heterocycles. The van der Waals surface area contributed by atoms with Gasteiger partial charge in [0.25, 0.3) is 0 Å². The van der Waals surface area contributed by atoms with Crippen LogP contribution in [-0.2, 0) is 42.9 Å². The molecule has 0 saturated carbocycles. The van der Waals surface area contributed by atoms with Crippen molar-refractivity contribution in [3.63, 3.8) is 0 Å². The van der Waals surface area contributed by atoms with Crippen molar-refractivity contribution in [1.29, 1.82) is 0 Å². The lowest BCUT2D eigenvalue weighted by Gasteiger charge is -2.40. The molecule has 1 aliphatic heterocycles. The fourth-order valence-corrected chi connectivity index (χ4v) is 7.61. The van der Waals surface area contributed by atoms with Crippen molar-refractivity contribution in [2.75, 3.05) is 13.2 Å². The molecular weight excluding hydrogens is 877 g/mol. The minimum atomic E-state index is -1.91. The molecule has 12 heteroatoms. The third-order valence-electron chi connectivity index (χ3n) is 11.8. The summed E-state index contributed by atoms with van der Waals surface area (Å²) in [6, 6.07) is 0. The summed E-state index contributed by atoms with van der Waals surface area (Å²) >= 11 is 0. The number of ether oxygens (including phenoxy) is 5. The molecule has 3 N–H and O–H groups in total.